The van der Waals surface area contributed by atoms with Gasteiger partial charge in [-0.25, -0.2) is 9.59 Å². The van der Waals surface area contributed by atoms with Crippen LogP contribution in [0.15, 0.2) is 46.2 Å². The van der Waals surface area contributed by atoms with Crippen molar-refractivity contribution in [2.75, 3.05) is 14.2 Å². The Hall–Kier alpha value is -2.50. The Morgan fingerprint density at radius 3 is 2.57 bits per heavy atom. The third-order valence-electron chi connectivity index (χ3n) is 3.27. The Labute approximate surface area is 122 Å². The van der Waals surface area contributed by atoms with E-state index in [-0.39, 0.29) is 17.3 Å². The van der Waals surface area contributed by atoms with Crippen LogP contribution in [0.5, 0.6) is 0 Å². The molecule has 6 nitrogen and oxygen atoms in total. The Morgan fingerprint density at radius 1 is 1.29 bits per heavy atom. The molecule has 0 bridgehead atoms. The van der Waals surface area contributed by atoms with Crippen molar-refractivity contribution in [2.24, 2.45) is 0 Å². The number of esters is 2. The molecule has 1 aromatic rings. The summed E-state index contributed by atoms with van der Waals surface area (Å²) >= 11 is 0. The van der Waals surface area contributed by atoms with Crippen LogP contribution in [-0.4, -0.2) is 37.1 Å². The van der Waals surface area contributed by atoms with Gasteiger partial charge in [0, 0.05) is 6.04 Å². The minimum absolute atomic E-state index is 0.0855. The molecule has 21 heavy (non-hydrogen) atoms. The fraction of sp³-hybridized carbons (Fsp3) is 0.333. The van der Waals surface area contributed by atoms with Gasteiger partial charge in [-0.1, -0.05) is 6.08 Å². The van der Waals surface area contributed by atoms with Crippen molar-refractivity contribution in [2.45, 2.75) is 19.5 Å². The van der Waals surface area contributed by atoms with Crippen LogP contribution < -0.4 is 0 Å². The van der Waals surface area contributed by atoms with Crippen LogP contribution in [0.4, 0.5) is 0 Å². The van der Waals surface area contributed by atoms with Crippen LogP contribution in [0, 0.1) is 0 Å². The summed E-state index contributed by atoms with van der Waals surface area (Å²) in [7, 11) is 2.55. The van der Waals surface area contributed by atoms with E-state index in [2.05, 4.69) is 0 Å². The first-order valence-electron chi connectivity index (χ1n) is 6.46. The standard InChI is InChI=1S/C15H17NO5/c1-10-6-7-12(14(17)19-2)13(15(18)20-3)16(10)9-11-5-4-8-21-11/h4-8,10H,9H2,1-3H3. The molecule has 0 saturated carbocycles. The van der Waals surface area contributed by atoms with Gasteiger partial charge in [-0.2, -0.15) is 0 Å². The zero-order chi connectivity index (χ0) is 15.4. The number of hydrogen-bond donors (Lipinski definition) is 0. The van der Waals surface area contributed by atoms with Crippen LogP contribution in [0.1, 0.15) is 12.7 Å². The summed E-state index contributed by atoms with van der Waals surface area (Å²) in [6, 6.07) is 3.48. The van der Waals surface area contributed by atoms with E-state index in [4.69, 9.17) is 13.9 Å². The van der Waals surface area contributed by atoms with Crippen LogP contribution in [-0.2, 0) is 25.6 Å². The van der Waals surface area contributed by atoms with Crippen LogP contribution in [0.2, 0.25) is 0 Å². The first-order chi connectivity index (χ1) is 10.1. The molecular formula is C15H17NO5. The summed E-state index contributed by atoms with van der Waals surface area (Å²) in [6.45, 7) is 2.26. The maximum absolute atomic E-state index is 12.1. The lowest BCUT2D eigenvalue weighted by molar-refractivity contribution is -0.141. The van der Waals surface area contributed by atoms with Gasteiger partial charge in [0.25, 0.3) is 0 Å². The third kappa shape index (κ3) is 2.99. The number of carbonyl (C=O) groups excluding carboxylic acids is 2. The van der Waals surface area contributed by atoms with E-state index in [0.29, 0.717) is 12.3 Å². The lowest BCUT2D eigenvalue weighted by Crippen LogP contribution is -2.38. The highest BCUT2D eigenvalue weighted by Crippen LogP contribution is 2.26. The Kier molecular flexibility index (Phi) is 4.47. The van der Waals surface area contributed by atoms with Gasteiger partial charge >= 0.3 is 11.9 Å². The Bertz CT molecular complexity index is 585. The van der Waals surface area contributed by atoms with Gasteiger partial charge in [-0.05, 0) is 25.1 Å². The molecule has 0 aromatic carbocycles. The van der Waals surface area contributed by atoms with Gasteiger partial charge in [-0.3, -0.25) is 0 Å². The average Bonchev–Trinajstić information content (AvgIpc) is 3.00. The van der Waals surface area contributed by atoms with E-state index >= 15 is 0 Å². The molecule has 1 atom stereocenters. The molecule has 1 aliphatic rings. The number of rotatable bonds is 4. The van der Waals surface area contributed by atoms with Gasteiger partial charge in [0.05, 0.1) is 32.6 Å². The van der Waals surface area contributed by atoms with Crippen LogP contribution >= 0.6 is 0 Å². The number of carbonyl (C=O) groups is 2. The van der Waals surface area contributed by atoms with E-state index in [0.717, 1.165) is 0 Å². The smallest absolute Gasteiger partial charge is 0.355 e. The van der Waals surface area contributed by atoms with E-state index in [1.165, 1.54) is 14.2 Å². The molecule has 0 fully saturated rings. The van der Waals surface area contributed by atoms with Crippen LogP contribution in [0.25, 0.3) is 0 Å². The van der Waals surface area contributed by atoms with Crippen molar-refractivity contribution in [1.82, 2.24) is 4.90 Å². The van der Waals surface area contributed by atoms with E-state index in [1.807, 2.05) is 13.0 Å². The fourth-order valence-electron chi connectivity index (χ4n) is 2.17. The predicted octanol–water partition coefficient (Wildman–Crippen LogP) is 1.64. The topological polar surface area (TPSA) is 69.0 Å². The molecule has 1 unspecified atom stereocenters. The number of methoxy groups -OCH3 is 2. The maximum atomic E-state index is 12.1. The highest BCUT2D eigenvalue weighted by atomic mass is 16.5. The molecule has 0 radical (unpaired) electrons. The predicted molar refractivity (Wildman–Crippen MR) is 73.9 cm³/mol. The second-order valence-corrected chi connectivity index (χ2v) is 4.55. The van der Waals surface area contributed by atoms with Gasteiger partial charge in [0.2, 0.25) is 0 Å². The summed E-state index contributed by atoms with van der Waals surface area (Å²) < 4.78 is 14.8. The molecule has 1 aliphatic heterocycles. The molecule has 0 saturated heterocycles. The highest BCUT2D eigenvalue weighted by Gasteiger charge is 2.31. The largest absolute Gasteiger partial charge is 0.467 e. The quantitative estimate of drug-likeness (QED) is 0.786. The summed E-state index contributed by atoms with van der Waals surface area (Å²) in [6.07, 6.45) is 4.96. The van der Waals surface area contributed by atoms with Gasteiger partial charge < -0.3 is 18.8 Å². The minimum Gasteiger partial charge on any atom is -0.467 e. The van der Waals surface area contributed by atoms with Crippen molar-refractivity contribution in [3.05, 3.63) is 47.6 Å². The minimum atomic E-state index is -0.585. The second-order valence-electron chi connectivity index (χ2n) is 4.55. The zero-order valence-corrected chi connectivity index (χ0v) is 12.2. The maximum Gasteiger partial charge on any atom is 0.355 e. The molecule has 0 amide bonds. The molecule has 2 heterocycles. The second kappa shape index (κ2) is 6.30. The lowest BCUT2D eigenvalue weighted by Gasteiger charge is -2.33. The zero-order valence-electron chi connectivity index (χ0n) is 12.2. The fourth-order valence-corrected chi connectivity index (χ4v) is 2.17. The van der Waals surface area contributed by atoms with Crippen molar-refractivity contribution >= 4 is 11.9 Å². The molecule has 1 aromatic heterocycles. The molecule has 0 N–H and O–H groups in total. The normalized spacial score (nSPS) is 17.9. The molecular weight excluding hydrogens is 274 g/mol. The van der Waals surface area contributed by atoms with E-state index in [1.54, 1.807) is 29.4 Å². The summed E-state index contributed by atoms with van der Waals surface area (Å²) in [5, 5.41) is 0. The molecule has 2 rings (SSSR count). The summed E-state index contributed by atoms with van der Waals surface area (Å²) in [4.78, 5) is 25.7. The monoisotopic (exact) mass is 291 g/mol. The number of nitrogens with zero attached hydrogens (tertiary/aromatic N) is 1. The number of ether oxygens (including phenoxy) is 2. The molecule has 6 heteroatoms. The average molecular weight is 291 g/mol. The van der Waals surface area contributed by atoms with Gasteiger partial charge in [0.1, 0.15) is 11.5 Å². The van der Waals surface area contributed by atoms with Crippen molar-refractivity contribution in [3.63, 3.8) is 0 Å². The van der Waals surface area contributed by atoms with Crippen molar-refractivity contribution in [1.29, 1.82) is 0 Å². The SMILES string of the molecule is COC(=O)C1=C(C(=O)OC)N(Cc2ccco2)C(C)C=C1. The molecule has 0 aliphatic carbocycles. The van der Waals surface area contributed by atoms with Gasteiger partial charge in [0.15, 0.2) is 0 Å². The van der Waals surface area contributed by atoms with Crippen LogP contribution in [0.3, 0.4) is 0 Å². The van der Waals surface area contributed by atoms with E-state index in [9.17, 15) is 9.59 Å². The Morgan fingerprint density at radius 2 is 2.00 bits per heavy atom. The van der Waals surface area contributed by atoms with Gasteiger partial charge in [-0.15, -0.1) is 0 Å². The summed E-state index contributed by atoms with van der Waals surface area (Å²) in [5.74, 6) is -0.482. The number of hydrogen-bond acceptors (Lipinski definition) is 6. The third-order valence-corrected chi connectivity index (χ3v) is 3.27. The first-order valence-corrected chi connectivity index (χ1v) is 6.46. The van der Waals surface area contributed by atoms with Crippen molar-refractivity contribution in [3.8, 4) is 0 Å². The highest BCUT2D eigenvalue weighted by molar-refractivity contribution is 6.02. The van der Waals surface area contributed by atoms with Crippen molar-refractivity contribution < 1.29 is 23.5 Å². The summed E-state index contributed by atoms with van der Waals surface area (Å²) in [5.41, 5.74) is 0.352. The number of furan rings is 1. The first kappa shape index (κ1) is 14.9. The van der Waals surface area contributed by atoms with E-state index < -0.39 is 11.9 Å². The lowest BCUT2D eigenvalue weighted by atomic mass is 10.0. The molecule has 112 valence electrons. The Balaban J connectivity index is 2.43. The molecule has 0 spiro atoms.